The van der Waals surface area contributed by atoms with Gasteiger partial charge in [0.15, 0.2) is 22.5 Å². The average Bonchev–Trinajstić information content (AvgIpc) is 3.21. The highest BCUT2D eigenvalue weighted by Crippen LogP contribution is 2.32. The van der Waals surface area contributed by atoms with Gasteiger partial charge in [-0.25, -0.2) is 15.8 Å². The van der Waals surface area contributed by atoms with E-state index in [2.05, 4.69) is 39.4 Å². The number of carbonyl (C=O) groups excluding carboxylic acids is 2. The molecule has 7 N–H and O–H groups in total. The lowest BCUT2D eigenvalue weighted by molar-refractivity contribution is -0.116. The number of aromatic nitrogens is 2. The van der Waals surface area contributed by atoms with E-state index in [-0.39, 0.29) is 11.8 Å². The van der Waals surface area contributed by atoms with Crippen LogP contribution in [0.15, 0.2) is 115 Å². The molecule has 2 amide bonds. The molecule has 1 heterocycles. The molecule has 0 atom stereocenters. The Morgan fingerprint density at radius 1 is 0.911 bits per heavy atom. The number of ether oxygens (including phenoxy) is 3. The molecule has 15 heteroatoms. The maximum Gasteiger partial charge on any atom is 0.255 e. The van der Waals surface area contributed by atoms with E-state index in [1.807, 2.05) is 36.4 Å². The van der Waals surface area contributed by atoms with E-state index in [0.717, 1.165) is 23.3 Å². The number of amides is 2. The normalized spacial score (nSPS) is 10.7. The van der Waals surface area contributed by atoms with Gasteiger partial charge in [0.25, 0.3) is 5.91 Å². The van der Waals surface area contributed by atoms with Gasteiger partial charge in [0.2, 0.25) is 5.91 Å². The molecule has 292 valence electrons. The summed E-state index contributed by atoms with van der Waals surface area (Å²) >= 11 is 7.57. The van der Waals surface area contributed by atoms with Crippen LogP contribution in [-0.2, 0) is 22.6 Å². The number of nitrogens with two attached hydrogens (primary N) is 2. The van der Waals surface area contributed by atoms with E-state index >= 15 is 0 Å². The quantitative estimate of drug-likeness (QED) is 0.0124. The number of para-hydroxylation sites is 2. The van der Waals surface area contributed by atoms with Crippen molar-refractivity contribution in [1.29, 1.82) is 0 Å². The predicted molar refractivity (Wildman–Crippen MR) is 223 cm³/mol. The molecule has 1 aromatic heterocycles. The Labute approximate surface area is 335 Å². The van der Waals surface area contributed by atoms with Gasteiger partial charge in [0.1, 0.15) is 23.8 Å². The van der Waals surface area contributed by atoms with Crippen LogP contribution in [0.4, 0.5) is 23.0 Å². The maximum absolute atomic E-state index is 13.0. The fourth-order valence-electron chi connectivity index (χ4n) is 5.09. The molecule has 0 spiro atoms. The number of hydrogen-bond donors (Lipinski definition) is 5. The Morgan fingerprint density at radius 3 is 2.36 bits per heavy atom. The number of benzene rings is 4. The summed E-state index contributed by atoms with van der Waals surface area (Å²) < 4.78 is 17.7. The Kier molecular flexibility index (Phi) is 15.8. The zero-order valence-electron chi connectivity index (χ0n) is 31.0. The molecule has 0 radical (unpaired) electrons. The van der Waals surface area contributed by atoms with Crippen molar-refractivity contribution in [2.45, 2.75) is 31.6 Å². The van der Waals surface area contributed by atoms with Gasteiger partial charge in [-0.1, -0.05) is 73.3 Å². The Morgan fingerprint density at radius 2 is 1.62 bits per heavy atom. The predicted octanol–water partition coefficient (Wildman–Crippen LogP) is 7.45. The van der Waals surface area contributed by atoms with Gasteiger partial charge in [0, 0.05) is 29.4 Å². The molecule has 0 saturated heterocycles. The third-order valence-corrected chi connectivity index (χ3v) is 9.27. The van der Waals surface area contributed by atoms with E-state index in [4.69, 9.17) is 37.4 Å². The third-order valence-electron chi connectivity index (χ3n) is 7.97. The number of carbonyl (C=O) groups is 2. The molecule has 56 heavy (non-hydrogen) atoms. The topological polar surface area (TPSA) is 179 Å². The summed E-state index contributed by atoms with van der Waals surface area (Å²) in [7, 11) is 0. The van der Waals surface area contributed by atoms with Gasteiger partial charge < -0.3 is 35.9 Å². The van der Waals surface area contributed by atoms with Crippen molar-refractivity contribution in [3.63, 3.8) is 0 Å². The van der Waals surface area contributed by atoms with Crippen LogP contribution in [0.5, 0.6) is 17.2 Å². The fourth-order valence-corrected chi connectivity index (χ4v) is 5.91. The molecule has 0 aliphatic heterocycles. The highest BCUT2D eigenvalue weighted by Gasteiger charge is 2.17. The first kappa shape index (κ1) is 41.4. The number of rotatable bonds is 21. The minimum absolute atomic E-state index is 0.263. The molecular weight excluding hydrogens is 752 g/mol. The minimum Gasteiger partial charge on any atom is -0.491 e. The van der Waals surface area contributed by atoms with Crippen molar-refractivity contribution >= 4 is 58.2 Å². The van der Waals surface area contributed by atoms with E-state index in [1.54, 1.807) is 60.7 Å². The number of thioether (sulfide) groups is 1. The number of nitrogen functional groups attached to an aromatic ring is 1. The molecule has 0 unspecified atom stereocenters. The first-order chi connectivity index (χ1) is 27.2. The summed E-state index contributed by atoms with van der Waals surface area (Å²) in [6.45, 7) is 7.81. The monoisotopic (exact) mass is 796 g/mol. The summed E-state index contributed by atoms with van der Waals surface area (Å²) in [5, 5.41) is 11.6. The smallest absolute Gasteiger partial charge is 0.255 e. The van der Waals surface area contributed by atoms with E-state index < -0.39 is 0 Å². The third kappa shape index (κ3) is 12.6. The lowest BCUT2D eigenvalue weighted by Crippen LogP contribution is -2.32. The molecule has 0 fully saturated rings. The Bertz CT molecular complexity index is 2050. The summed E-state index contributed by atoms with van der Waals surface area (Å²) in [4.78, 5) is 33.6. The summed E-state index contributed by atoms with van der Waals surface area (Å²) in [5.41, 5.74) is 9.62. The number of nitrogens with one attached hydrogen (secondary N) is 3. The second-order valence-corrected chi connectivity index (χ2v) is 13.7. The van der Waals surface area contributed by atoms with Crippen molar-refractivity contribution in [3.05, 3.63) is 131 Å². The lowest BCUT2D eigenvalue weighted by atomic mass is 10.1. The van der Waals surface area contributed by atoms with Crippen LogP contribution in [0.3, 0.4) is 0 Å². The van der Waals surface area contributed by atoms with Crippen LogP contribution < -0.4 is 42.0 Å². The summed E-state index contributed by atoms with van der Waals surface area (Å²) in [5.74, 6) is 9.34. The van der Waals surface area contributed by atoms with Gasteiger partial charge in [-0.15, -0.1) is 0 Å². The summed E-state index contributed by atoms with van der Waals surface area (Å²) in [6, 6.07) is 28.8. The standard InChI is InChI=1S/C41H45ClN8O5S/c1-3-25-56-41-48-38(37(43)39(49-41)50(44)27-29-11-15-31(42)16-12-29)45-21-22-53-23-24-54-32-17-19-33(20-18-32)55-35-8-6-5-7-34(35)47-40(52)30-13-9-28(10-14-30)26-46-36(51)4-2/h4-20H,2-3,21-27,43-44H2,1H3,(H,46,51)(H,47,52)(H,45,48,49). The van der Waals surface area contributed by atoms with Gasteiger partial charge >= 0.3 is 0 Å². The van der Waals surface area contributed by atoms with Gasteiger partial charge in [-0.2, -0.15) is 0 Å². The lowest BCUT2D eigenvalue weighted by Gasteiger charge is -2.21. The van der Waals surface area contributed by atoms with Crippen molar-refractivity contribution in [1.82, 2.24) is 15.3 Å². The van der Waals surface area contributed by atoms with Gasteiger partial charge in [-0.3, -0.25) is 14.6 Å². The van der Waals surface area contributed by atoms with Crippen LogP contribution in [-0.4, -0.2) is 53.9 Å². The first-order valence-corrected chi connectivity index (χ1v) is 19.3. The SMILES string of the molecule is C=CC(=O)NCc1ccc(C(=O)Nc2ccccc2Oc2ccc(OCCOCCNc3nc(SCCC)nc(N(N)Cc4ccc(Cl)cc4)c3N)cc2)cc1. The minimum atomic E-state index is -0.295. The summed E-state index contributed by atoms with van der Waals surface area (Å²) in [6.07, 6.45) is 2.18. The molecule has 13 nitrogen and oxygen atoms in total. The van der Waals surface area contributed by atoms with Crippen molar-refractivity contribution < 1.29 is 23.8 Å². The van der Waals surface area contributed by atoms with Crippen molar-refractivity contribution in [3.8, 4) is 17.2 Å². The largest absolute Gasteiger partial charge is 0.491 e. The molecule has 0 saturated carbocycles. The maximum atomic E-state index is 13.0. The molecule has 0 aliphatic rings. The van der Waals surface area contributed by atoms with Crippen LogP contribution in [0.2, 0.25) is 5.02 Å². The van der Waals surface area contributed by atoms with Gasteiger partial charge in [0.05, 0.1) is 25.4 Å². The van der Waals surface area contributed by atoms with E-state index in [0.29, 0.717) is 95.5 Å². The number of nitrogens with zero attached hydrogens (tertiary/aromatic N) is 3. The molecule has 0 bridgehead atoms. The second kappa shape index (κ2) is 21.3. The number of hydrogen-bond acceptors (Lipinski definition) is 12. The molecule has 0 aliphatic carbocycles. The zero-order chi connectivity index (χ0) is 39.7. The number of halogens is 1. The van der Waals surface area contributed by atoms with Crippen LogP contribution in [0.25, 0.3) is 0 Å². The second-order valence-electron chi connectivity index (χ2n) is 12.2. The molecule has 4 aromatic carbocycles. The van der Waals surface area contributed by atoms with E-state index in [9.17, 15) is 9.59 Å². The van der Waals surface area contributed by atoms with Gasteiger partial charge in [-0.05, 0) is 84.3 Å². The molecule has 5 aromatic rings. The first-order valence-electron chi connectivity index (χ1n) is 17.9. The molecular formula is C41H45ClN8O5S. The number of hydrazine groups is 1. The average molecular weight is 797 g/mol. The highest BCUT2D eigenvalue weighted by molar-refractivity contribution is 7.99. The fraction of sp³-hybridized carbons (Fsp3) is 0.220. The number of anilines is 4. The van der Waals surface area contributed by atoms with Crippen LogP contribution >= 0.6 is 23.4 Å². The molecule has 5 rings (SSSR count). The van der Waals surface area contributed by atoms with Crippen molar-refractivity contribution in [2.24, 2.45) is 5.84 Å². The Hall–Kier alpha value is -5.80. The zero-order valence-corrected chi connectivity index (χ0v) is 32.6. The van der Waals surface area contributed by atoms with Crippen molar-refractivity contribution in [2.75, 3.05) is 53.5 Å². The van der Waals surface area contributed by atoms with Crippen LogP contribution in [0, 0.1) is 0 Å². The Balaban J connectivity index is 1.06. The van der Waals surface area contributed by atoms with Crippen LogP contribution in [0.1, 0.15) is 34.8 Å². The van der Waals surface area contributed by atoms with E-state index in [1.165, 1.54) is 22.8 Å². The highest BCUT2D eigenvalue weighted by atomic mass is 35.5.